The van der Waals surface area contributed by atoms with Crippen molar-refractivity contribution >= 4 is 40.7 Å². The summed E-state index contributed by atoms with van der Waals surface area (Å²) in [5.74, 6) is -1.67. The molecule has 0 saturated heterocycles. The zero-order valence-corrected chi connectivity index (χ0v) is 20.6. The third kappa shape index (κ3) is 4.42. The zero-order valence-electron chi connectivity index (χ0n) is 20.6. The molecule has 182 valence electrons. The highest BCUT2D eigenvalue weighted by Gasteiger charge is 2.35. The first-order chi connectivity index (χ1) is 17.5. The van der Waals surface area contributed by atoms with Crippen LogP contribution in [0.5, 0.6) is 0 Å². The Hall–Kier alpha value is -4.19. The van der Waals surface area contributed by atoms with Crippen LogP contribution >= 0.6 is 0 Å². The molecule has 0 atom stereocenters. The number of hydrazone groups is 1. The van der Waals surface area contributed by atoms with E-state index < -0.39 is 11.9 Å². The number of carboxylic acids is 1. The highest BCUT2D eigenvalue weighted by Crippen LogP contribution is 2.36. The van der Waals surface area contributed by atoms with Gasteiger partial charge in [-0.1, -0.05) is 44.2 Å². The second-order valence-corrected chi connectivity index (χ2v) is 9.12. The minimum atomic E-state index is -1.22. The van der Waals surface area contributed by atoms with E-state index in [-0.39, 0.29) is 11.3 Å². The van der Waals surface area contributed by atoms with Gasteiger partial charge in [-0.3, -0.25) is 4.79 Å². The smallest absolute Gasteiger partial charge is 0.357 e. The van der Waals surface area contributed by atoms with E-state index in [1.54, 1.807) is 30.3 Å². The third-order valence-electron chi connectivity index (χ3n) is 6.78. The molecule has 2 heterocycles. The zero-order chi connectivity index (χ0) is 25.2. The Morgan fingerprint density at radius 2 is 1.69 bits per heavy atom. The summed E-state index contributed by atoms with van der Waals surface area (Å²) in [5, 5.41) is 15.0. The standard InChI is InChI=1S/C30H29N3O3/c1-3-20-15-21(4-2)18-25(17-20)32-14-8-9-23-16-22(12-13-27(23)32)19-26-28(30(35)36)31-33(29(26)34)24-10-6-5-7-11-24/h5-7,10-13,15-19H,3-4,8-9,14H2,1-2H3,(H,35,36). The van der Waals surface area contributed by atoms with Crippen LogP contribution < -0.4 is 9.91 Å². The number of rotatable bonds is 6. The Morgan fingerprint density at radius 3 is 2.36 bits per heavy atom. The van der Waals surface area contributed by atoms with Gasteiger partial charge in [0.1, 0.15) is 0 Å². The molecule has 0 bridgehead atoms. The van der Waals surface area contributed by atoms with E-state index in [9.17, 15) is 14.7 Å². The first kappa shape index (κ1) is 23.5. The molecule has 0 aromatic heterocycles. The van der Waals surface area contributed by atoms with Crippen molar-refractivity contribution < 1.29 is 14.7 Å². The largest absolute Gasteiger partial charge is 0.476 e. The monoisotopic (exact) mass is 479 g/mol. The second kappa shape index (κ2) is 9.82. The second-order valence-electron chi connectivity index (χ2n) is 9.12. The van der Waals surface area contributed by atoms with Gasteiger partial charge in [-0.05, 0) is 90.4 Å². The van der Waals surface area contributed by atoms with Crippen LogP contribution in [0.15, 0.2) is 77.4 Å². The lowest BCUT2D eigenvalue weighted by Crippen LogP contribution is -2.25. The van der Waals surface area contributed by atoms with E-state index in [2.05, 4.69) is 54.2 Å². The molecule has 6 nitrogen and oxygen atoms in total. The molecule has 5 rings (SSSR count). The third-order valence-corrected chi connectivity index (χ3v) is 6.78. The summed E-state index contributed by atoms with van der Waals surface area (Å²) in [6.07, 6.45) is 5.59. The van der Waals surface area contributed by atoms with Gasteiger partial charge in [-0.15, -0.1) is 0 Å². The van der Waals surface area contributed by atoms with Crippen LogP contribution in [-0.2, 0) is 28.9 Å². The molecule has 6 heteroatoms. The molecule has 0 unspecified atom stereocenters. The molecule has 1 N–H and O–H groups in total. The van der Waals surface area contributed by atoms with Crippen LogP contribution in [0, 0.1) is 0 Å². The van der Waals surface area contributed by atoms with E-state index in [1.165, 1.54) is 22.4 Å². The van der Waals surface area contributed by atoms with Crippen molar-refractivity contribution in [3.05, 3.63) is 94.6 Å². The molecule has 2 aliphatic rings. The minimum Gasteiger partial charge on any atom is -0.476 e. The summed E-state index contributed by atoms with van der Waals surface area (Å²) in [5.41, 5.74) is 7.40. The highest BCUT2D eigenvalue weighted by atomic mass is 16.4. The molecule has 1 amide bonds. The quantitative estimate of drug-likeness (QED) is 0.456. The molecule has 0 saturated carbocycles. The molecule has 2 aliphatic heterocycles. The number of carbonyl (C=O) groups excluding carboxylic acids is 1. The van der Waals surface area contributed by atoms with E-state index in [4.69, 9.17) is 0 Å². The lowest BCUT2D eigenvalue weighted by molar-refractivity contribution is -0.129. The van der Waals surface area contributed by atoms with Gasteiger partial charge in [0.15, 0.2) is 5.71 Å². The predicted molar refractivity (Wildman–Crippen MR) is 144 cm³/mol. The molecule has 0 aliphatic carbocycles. The van der Waals surface area contributed by atoms with Crippen molar-refractivity contribution in [2.24, 2.45) is 5.10 Å². The molecule has 0 spiro atoms. The SMILES string of the molecule is CCc1cc(CC)cc(N2CCCc3cc(C=C4C(=O)N(c5ccccc5)N=C4C(=O)O)ccc32)c1. The maximum atomic E-state index is 13.1. The molecule has 36 heavy (non-hydrogen) atoms. The fourth-order valence-corrected chi connectivity index (χ4v) is 4.90. The first-order valence-electron chi connectivity index (χ1n) is 12.4. The van der Waals surface area contributed by atoms with Gasteiger partial charge in [0, 0.05) is 17.9 Å². The van der Waals surface area contributed by atoms with E-state index in [0.717, 1.165) is 48.5 Å². The number of hydrogen-bond donors (Lipinski definition) is 1. The Kier molecular flexibility index (Phi) is 6.42. The Balaban J connectivity index is 1.50. The van der Waals surface area contributed by atoms with Crippen molar-refractivity contribution in [3.63, 3.8) is 0 Å². The number of aliphatic carboxylic acids is 1. The molecule has 3 aromatic rings. The number of para-hydroxylation sites is 1. The van der Waals surface area contributed by atoms with E-state index in [0.29, 0.717) is 5.69 Å². The van der Waals surface area contributed by atoms with Crippen LogP contribution in [0.3, 0.4) is 0 Å². The number of carboxylic acid groups (broad SMARTS) is 1. The lowest BCUT2D eigenvalue weighted by Gasteiger charge is -2.32. The number of aryl methyl sites for hydroxylation is 3. The molecule has 0 radical (unpaired) electrons. The van der Waals surface area contributed by atoms with Crippen molar-refractivity contribution in [2.45, 2.75) is 39.5 Å². The van der Waals surface area contributed by atoms with Gasteiger partial charge in [0.2, 0.25) is 0 Å². The number of amides is 1. The summed E-state index contributed by atoms with van der Waals surface area (Å²) in [6, 6.07) is 21.8. The summed E-state index contributed by atoms with van der Waals surface area (Å²) in [6.45, 7) is 5.31. The number of fused-ring (bicyclic) bond motifs is 1. The number of hydrogen-bond acceptors (Lipinski definition) is 4. The summed E-state index contributed by atoms with van der Waals surface area (Å²) >= 11 is 0. The summed E-state index contributed by atoms with van der Waals surface area (Å²) in [4.78, 5) is 27.4. The van der Waals surface area contributed by atoms with Crippen LogP contribution in [0.25, 0.3) is 6.08 Å². The lowest BCUT2D eigenvalue weighted by atomic mass is 9.96. The number of benzene rings is 3. The fourth-order valence-electron chi connectivity index (χ4n) is 4.90. The predicted octanol–water partition coefficient (Wildman–Crippen LogP) is 5.77. The normalized spacial score (nSPS) is 16.3. The number of nitrogens with zero attached hydrogens (tertiary/aromatic N) is 3. The summed E-state index contributed by atoms with van der Waals surface area (Å²) < 4.78 is 0. The van der Waals surface area contributed by atoms with Crippen molar-refractivity contribution in [3.8, 4) is 0 Å². The van der Waals surface area contributed by atoms with Gasteiger partial charge in [0.05, 0.1) is 11.3 Å². The Morgan fingerprint density at radius 1 is 0.972 bits per heavy atom. The van der Waals surface area contributed by atoms with E-state index >= 15 is 0 Å². The van der Waals surface area contributed by atoms with Gasteiger partial charge in [-0.25, -0.2) is 4.79 Å². The molecule has 3 aromatic carbocycles. The maximum Gasteiger partial charge on any atom is 0.357 e. The fraction of sp³-hybridized carbons (Fsp3) is 0.233. The van der Waals surface area contributed by atoms with Gasteiger partial charge in [-0.2, -0.15) is 10.1 Å². The first-order valence-corrected chi connectivity index (χ1v) is 12.4. The topological polar surface area (TPSA) is 73.2 Å². The van der Waals surface area contributed by atoms with Gasteiger partial charge in [0.25, 0.3) is 5.91 Å². The average Bonchev–Trinajstić information content (AvgIpc) is 3.24. The summed E-state index contributed by atoms with van der Waals surface area (Å²) in [7, 11) is 0. The van der Waals surface area contributed by atoms with Crippen LogP contribution in [0.1, 0.15) is 42.5 Å². The van der Waals surface area contributed by atoms with Crippen LogP contribution in [0.2, 0.25) is 0 Å². The molecular weight excluding hydrogens is 450 g/mol. The molecular formula is C30H29N3O3. The van der Waals surface area contributed by atoms with Crippen molar-refractivity contribution in [2.75, 3.05) is 16.5 Å². The number of carbonyl (C=O) groups is 2. The van der Waals surface area contributed by atoms with Crippen molar-refractivity contribution in [1.82, 2.24) is 0 Å². The van der Waals surface area contributed by atoms with Gasteiger partial charge >= 0.3 is 5.97 Å². The average molecular weight is 480 g/mol. The van der Waals surface area contributed by atoms with Crippen molar-refractivity contribution in [1.29, 1.82) is 0 Å². The van der Waals surface area contributed by atoms with Crippen LogP contribution in [0.4, 0.5) is 17.1 Å². The number of anilines is 3. The van der Waals surface area contributed by atoms with Gasteiger partial charge < -0.3 is 10.0 Å². The molecule has 0 fully saturated rings. The van der Waals surface area contributed by atoms with E-state index in [1.807, 2.05) is 12.1 Å². The minimum absolute atomic E-state index is 0.0854. The highest BCUT2D eigenvalue weighted by molar-refractivity contribution is 6.53. The van der Waals surface area contributed by atoms with Crippen LogP contribution in [-0.4, -0.2) is 29.2 Å². The maximum absolute atomic E-state index is 13.1. The Bertz CT molecular complexity index is 1370. The Labute approximate surface area is 211 Å².